The van der Waals surface area contributed by atoms with E-state index in [0.717, 1.165) is 29.0 Å². The van der Waals surface area contributed by atoms with Crippen LogP contribution in [0.2, 0.25) is 0 Å². The van der Waals surface area contributed by atoms with Gasteiger partial charge < -0.3 is 4.90 Å². The number of nitrogens with zero attached hydrogens (tertiary/aromatic N) is 7. The van der Waals surface area contributed by atoms with E-state index in [1.54, 1.807) is 29.2 Å². The number of carbonyl (C=O) groups is 1. The Kier molecular flexibility index (Phi) is 4.27. The Labute approximate surface area is 165 Å². The second-order valence-electron chi connectivity index (χ2n) is 7.24. The molecule has 0 spiro atoms. The van der Waals surface area contributed by atoms with E-state index in [0.29, 0.717) is 24.0 Å². The standard InChI is InChI=1S/C20H19N7O2/c28-18(13-27-20(29)15-7-1-2-8-16(15)21-24-27)25-10-5-6-14(12-25)19-23-22-17-9-3-4-11-26(17)19/h1-4,7-9,11,14H,5-6,10,12-13H2. The van der Waals surface area contributed by atoms with Crippen LogP contribution < -0.4 is 5.56 Å². The van der Waals surface area contributed by atoms with Gasteiger partial charge in [-0.25, -0.2) is 4.68 Å². The Bertz CT molecular complexity index is 1260. The van der Waals surface area contributed by atoms with Gasteiger partial charge in [-0.3, -0.25) is 14.0 Å². The van der Waals surface area contributed by atoms with Crippen LogP contribution in [0, 0.1) is 0 Å². The monoisotopic (exact) mass is 389 g/mol. The third-order valence-corrected chi connectivity index (χ3v) is 5.39. The summed E-state index contributed by atoms with van der Waals surface area (Å²) in [5.41, 5.74) is 1.02. The molecule has 1 aliphatic heterocycles. The van der Waals surface area contributed by atoms with Crippen LogP contribution in [-0.4, -0.2) is 53.5 Å². The van der Waals surface area contributed by atoms with Crippen LogP contribution >= 0.6 is 0 Å². The minimum atomic E-state index is -0.305. The van der Waals surface area contributed by atoms with E-state index in [9.17, 15) is 9.59 Å². The summed E-state index contributed by atoms with van der Waals surface area (Å²) in [6.07, 6.45) is 3.75. The molecule has 5 rings (SSSR count). The minimum Gasteiger partial charge on any atom is -0.340 e. The third-order valence-electron chi connectivity index (χ3n) is 5.39. The molecule has 1 unspecified atom stereocenters. The molecule has 1 amide bonds. The van der Waals surface area contributed by atoms with Crippen LogP contribution in [0.1, 0.15) is 24.6 Å². The maximum atomic E-state index is 12.9. The molecule has 4 aromatic rings. The first-order valence-corrected chi connectivity index (χ1v) is 9.61. The van der Waals surface area contributed by atoms with Crippen molar-refractivity contribution < 1.29 is 4.79 Å². The molecule has 0 bridgehead atoms. The topological polar surface area (TPSA) is 98.3 Å². The number of piperidine rings is 1. The van der Waals surface area contributed by atoms with Crippen LogP contribution in [-0.2, 0) is 11.3 Å². The number of fused-ring (bicyclic) bond motifs is 2. The molecule has 1 fully saturated rings. The number of rotatable bonds is 3. The van der Waals surface area contributed by atoms with E-state index in [2.05, 4.69) is 20.5 Å². The smallest absolute Gasteiger partial charge is 0.278 e. The lowest BCUT2D eigenvalue weighted by Crippen LogP contribution is -2.43. The molecule has 146 valence electrons. The lowest BCUT2D eigenvalue weighted by molar-refractivity contribution is -0.133. The molecule has 0 N–H and O–H groups in total. The Morgan fingerprint density at radius 2 is 1.93 bits per heavy atom. The fourth-order valence-corrected chi connectivity index (χ4v) is 3.91. The SMILES string of the molecule is O=C(Cn1nnc2ccccc2c1=O)N1CCCC(c2nnc3ccccn23)C1. The van der Waals surface area contributed by atoms with Gasteiger partial charge in [0.1, 0.15) is 17.9 Å². The van der Waals surface area contributed by atoms with E-state index < -0.39 is 0 Å². The van der Waals surface area contributed by atoms with E-state index in [-0.39, 0.29) is 23.9 Å². The first kappa shape index (κ1) is 17.5. The summed E-state index contributed by atoms with van der Waals surface area (Å²) in [6.45, 7) is 1.08. The molecule has 1 aliphatic rings. The Hall–Kier alpha value is -3.62. The number of carbonyl (C=O) groups excluding carboxylic acids is 1. The third kappa shape index (κ3) is 3.14. The average molecular weight is 389 g/mol. The van der Waals surface area contributed by atoms with Crippen LogP contribution in [0.25, 0.3) is 16.6 Å². The molecule has 1 aromatic carbocycles. The molecule has 9 heteroatoms. The van der Waals surface area contributed by atoms with Crippen LogP contribution in [0.3, 0.4) is 0 Å². The number of hydrogen-bond donors (Lipinski definition) is 0. The summed E-state index contributed by atoms with van der Waals surface area (Å²) in [7, 11) is 0. The van der Waals surface area contributed by atoms with Crippen molar-refractivity contribution in [2.45, 2.75) is 25.3 Å². The predicted octanol–water partition coefficient (Wildman–Crippen LogP) is 1.24. The second-order valence-corrected chi connectivity index (χ2v) is 7.24. The maximum Gasteiger partial charge on any atom is 0.278 e. The molecule has 9 nitrogen and oxygen atoms in total. The fraction of sp³-hybridized carbons (Fsp3) is 0.300. The van der Waals surface area contributed by atoms with Gasteiger partial charge in [0.05, 0.1) is 5.39 Å². The Morgan fingerprint density at radius 1 is 1.07 bits per heavy atom. The largest absolute Gasteiger partial charge is 0.340 e. The van der Waals surface area contributed by atoms with Gasteiger partial charge in [-0.15, -0.1) is 15.3 Å². The lowest BCUT2D eigenvalue weighted by Gasteiger charge is -2.32. The molecule has 0 radical (unpaired) electrons. The Balaban J connectivity index is 1.36. The molecule has 3 aromatic heterocycles. The molecule has 29 heavy (non-hydrogen) atoms. The van der Waals surface area contributed by atoms with Gasteiger partial charge >= 0.3 is 0 Å². The highest BCUT2D eigenvalue weighted by Gasteiger charge is 2.28. The second kappa shape index (κ2) is 7.08. The number of likely N-dealkylation sites (tertiary alicyclic amines) is 1. The summed E-state index contributed by atoms with van der Waals surface area (Å²) in [4.78, 5) is 27.3. The quantitative estimate of drug-likeness (QED) is 0.523. The van der Waals surface area contributed by atoms with Gasteiger partial charge in [-0.2, -0.15) is 0 Å². The molecular formula is C20H19N7O2. The van der Waals surface area contributed by atoms with Crippen LogP contribution in [0.5, 0.6) is 0 Å². The predicted molar refractivity (Wildman–Crippen MR) is 105 cm³/mol. The average Bonchev–Trinajstić information content (AvgIpc) is 3.20. The van der Waals surface area contributed by atoms with Crippen molar-refractivity contribution >= 4 is 22.5 Å². The van der Waals surface area contributed by atoms with Crippen molar-refractivity contribution in [3.63, 3.8) is 0 Å². The van der Waals surface area contributed by atoms with Crippen molar-refractivity contribution in [2.75, 3.05) is 13.1 Å². The molecule has 4 heterocycles. The Morgan fingerprint density at radius 3 is 2.86 bits per heavy atom. The molecule has 0 saturated carbocycles. The van der Waals surface area contributed by atoms with Gasteiger partial charge in [0, 0.05) is 25.2 Å². The van der Waals surface area contributed by atoms with E-state index in [1.807, 2.05) is 28.8 Å². The van der Waals surface area contributed by atoms with Crippen LogP contribution in [0.4, 0.5) is 0 Å². The molecular weight excluding hydrogens is 370 g/mol. The summed E-state index contributed by atoms with van der Waals surface area (Å²) < 4.78 is 3.11. The van der Waals surface area contributed by atoms with E-state index >= 15 is 0 Å². The maximum absolute atomic E-state index is 12.9. The molecule has 1 atom stereocenters. The summed E-state index contributed by atoms with van der Waals surface area (Å²) in [5.74, 6) is 0.820. The summed E-state index contributed by atoms with van der Waals surface area (Å²) in [5, 5.41) is 17.0. The van der Waals surface area contributed by atoms with E-state index in [4.69, 9.17) is 0 Å². The number of aromatic nitrogens is 6. The molecule has 1 saturated heterocycles. The highest BCUT2D eigenvalue weighted by atomic mass is 16.2. The van der Waals surface area contributed by atoms with Gasteiger partial charge in [0.15, 0.2) is 5.65 Å². The number of benzene rings is 1. The van der Waals surface area contributed by atoms with Crippen molar-refractivity contribution in [3.8, 4) is 0 Å². The minimum absolute atomic E-state index is 0.101. The zero-order valence-corrected chi connectivity index (χ0v) is 15.7. The first-order valence-electron chi connectivity index (χ1n) is 9.61. The summed E-state index contributed by atoms with van der Waals surface area (Å²) >= 11 is 0. The van der Waals surface area contributed by atoms with Crippen molar-refractivity contribution in [1.29, 1.82) is 0 Å². The normalized spacial score (nSPS) is 17.1. The highest BCUT2D eigenvalue weighted by Crippen LogP contribution is 2.26. The number of pyridine rings is 1. The first-order chi connectivity index (χ1) is 14.2. The van der Waals surface area contributed by atoms with Crippen molar-refractivity contribution in [2.24, 2.45) is 0 Å². The van der Waals surface area contributed by atoms with Gasteiger partial charge in [-0.1, -0.05) is 23.4 Å². The van der Waals surface area contributed by atoms with Crippen LogP contribution in [0.15, 0.2) is 53.5 Å². The fourth-order valence-electron chi connectivity index (χ4n) is 3.91. The van der Waals surface area contributed by atoms with Gasteiger partial charge in [0.2, 0.25) is 5.91 Å². The zero-order valence-electron chi connectivity index (χ0n) is 15.7. The number of hydrogen-bond acceptors (Lipinski definition) is 6. The van der Waals surface area contributed by atoms with Gasteiger partial charge in [0.25, 0.3) is 5.56 Å². The lowest BCUT2D eigenvalue weighted by atomic mass is 9.97. The molecule has 0 aliphatic carbocycles. The number of amides is 1. The highest BCUT2D eigenvalue weighted by molar-refractivity contribution is 5.78. The van der Waals surface area contributed by atoms with Gasteiger partial charge in [-0.05, 0) is 37.1 Å². The van der Waals surface area contributed by atoms with E-state index in [1.165, 1.54) is 0 Å². The summed E-state index contributed by atoms with van der Waals surface area (Å²) in [6, 6.07) is 12.8. The van der Waals surface area contributed by atoms with Crippen molar-refractivity contribution in [3.05, 3.63) is 64.8 Å². The van der Waals surface area contributed by atoms with Crippen molar-refractivity contribution in [1.82, 2.24) is 34.5 Å². The zero-order chi connectivity index (χ0) is 19.8.